The second kappa shape index (κ2) is 10.2. The Labute approximate surface area is 132 Å². The first-order valence-electron chi connectivity index (χ1n) is 7.60. The van der Waals surface area contributed by atoms with Crippen molar-refractivity contribution in [2.45, 2.75) is 32.4 Å². The molecule has 3 N–H and O–H groups in total. The summed E-state index contributed by atoms with van der Waals surface area (Å²) in [5.41, 5.74) is 1.03. The molecule has 0 saturated heterocycles. The van der Waals surface area contributed by atoms with Crippen LogP contribution in [0.2, 0.25) is 0 Å². The summed E-state index contributed by atoms with van der Waals surface area (Å²) in [6.45, 7) is 4.53. The molecule has 0 spiro atoms. The predicted molar refractivity (Wildman–Crippen MR) is 88.4 cm³/mol. The fraction of sp³-hybridized carbons (Fsp3) is 0.529. The lowest BCUT2D eigenvalue weighted by atomic mass is 10.2. The van der Waals surface area contributed by atoms with Crippen molar-refractivity contribution >= 4 is 6.08 Å². The molecule has 22 heavy (non-hydrogen) atoms. The average molecular weight is 309 g/mol. The molecule has 1 rings (SSSR count). The zero-order chi connectivity index (χ0) is 16.4. The van der Waals surface area contributed by atoms with Gasteiger partial charge in [-0.1, -0.05) is 25.1 Å². The molecule has 0 radical (unpaired) electrons. The normalized spacial score (nSPS) is 14.0. The molecule has 0 unspecified atom stereocenters. The average Bonchev–Trinajstić information content (AvgIpc) is 2.54. The van der Waals surface area contributed by atoms with Crippen molar-refractivity contribution in [3.63, 3.8) is 0 Å². The maximum absolute atomic E-state index is 9.93. The van der Waals surface area contributed by atoms with Crippen molar-refractivity contribution in [3.05, 3.63) is 29.8 Å². The van der Waals surface area contributed by atoms with E-state index in [0.29, 0.717) is 18.0 Å². The Morgan fingerprint density at radius 2 is 2.09 bits per heavy atom. The van der Waals surface area contributed by atoms with Gasteiger partial charge in [0.1, 0.15) is 12.7 Å². The smallest absolute Gasteiger partial charge is 0.161 e. The summed E-state index contributed by atoms with van der Waals surface area (Å²) in [6.07, 6.45) is 4.09. The Hall–Kier alpha value is -1.56. The van der Waals surface area contributed by atoms with Gasteiger partial charge in [0.15, 0.2) is 11.5 Å². The van der Waals surface area contributed by atoms with Crippen LogP contribution in [-0.2, 0) is 0 Å². The first-order chi connectivity index (χ1) is 10.6. The van der Waals surface area contributed by atoms with Gasteiger partial charge in [0.2, 0.25) is 0 Å². The third kappa shape index (κ3) is 6.05. The monoisotopic (exact) mass is 309 g/mol. The van der Waals surface area contributed by atoms with Crippen molar-refractivity contribution in [1.82, 2.24) is 5.32 Å². The van der Waals surface area contributed by atoms with Crippen LogP contribution in [0, 0.1) is 0 Å². The molecule has 0 aliphatic heterocycles. The number of ether oxygens (including phenoxy) is 2. The number of allylic oxidation sites excluding steroid dienone is 1. The summed E-state index contributed by atoms with van der Waals surface area (Å²) in [5, 5.41) is 22.1. The lowest BCUT2D eigenvalue weighted by Crippen LogP contribution is -2.39. The summed E-state index contributed by atoms with van der Waals surface area (Å²) in [7, 11) is 1.59. The molecule has 1 aromatic rings. The molecule has 0 heterocycles. The Bertz CT molecular complexity index is 458. The van der Waals surface area contributed by atoms with Crippen LogP contribution in [0.4, 0.5) is 0 Å². The summed E-state index contributed by atoms with van der Waals surface area (Å²) in [4.78, 5) is 0. The first kappa shape index (κ1) is 18.5. The van der Waals surface area contributed by atoms with Crippen LogP contribution in [-0.4, -0.2) is 49.2 Å². The Kier molecular flexibility index (Phi) is 8.58. The van der Waals surface area contributed by atoms with Crippen LogP contribution in [0.25, 0.3) is 6.08 Å². The Morgan fingerprint density at radius 3 is 2.68 bits per heavy atom. The predicted octanol–water partition coefficient (Wildman–Crippen LogP) is 1.83. The van der Waals surface area contributed by atoms with Gasteiger partial charge >= 0.3 is 0 Å². The van der Waals surface area contributed by atoms with E-state index in [0.717, 1.165) is 12.0 Å². The van der Waals surface area contributed by atoms with Crippen molar-refractivity contribution < 1.29 is 19.7 Å². The number of rotatable bonds is 10. The fourth-order valence-corrected chi connectivity index (χ4v) is 1.99. The molecule has 124 valence electrons. The molecule has 0 aliphatic rings. The standard InChI is InChI=1S/C17H27NO4/c1-4-6-13-7-8-16(17(9-13)21-3)22-12-15(20)10-18-14(5-2)11-19/h4,6-9,14-15,18-20H,5,10-12H2,1-3H3/b6-4+/t14-,15-/m0/s1. The highest BCUT2D eigenvalue weighted by Crippen LogP contribution is 2.28. The number of benzene rings is 1. The zero-order valence-corrected chi connectivity index (χ0v) is 13.6. The maximum atomic E-state index is 9.93. The molecular weight excluding hydrogens is 282 g/mol. The molecule has 0 fully saturated rings. The summed E-state index contributed by atoms with van der Waals surface area (Å²) in [5.74, 6) is 1.24. The molecule has 0 amide bonds. The highest BCUT2D eigenvalue weighted by atomic mass is 16.5. The first-order valence-corrected chi connectivity index (χ1v) is 7.60. The van der Waals surface area contributed by atoms with E-state index in [-0.39, 0.29) is 19.3 Å². The second-order valence-corrected chi connectivity index (χ2v) is 5.07. The van der Waals surface area contributed by atoms with Gasteiger partial charge in [0, 0.05) is 12.6 Å². The quantitative estimate of drug-likeness (QED) is 0.615. The third-order valence-electron chi connectivity index (χ3n) is 3.33. The molecule has 5 nitrogen and oxygen atoms in total. The molecule has 0 bridgehead atoms. The molecule has 0 aromatic heterocycles. The minimum Gasteiger partial charge on any atom is -0.493 e. The molecule has 5 heteroatoms. The summed E-state index contributed by atoms with van der Waals surface area (Å²) < 4.78 is 10.9. The van der Waals surface area contributed by atoms with Gasteiger partial charge < -0.3 is 25.0 Å². The van der Waals surface area contributed by atoms with Crippen LogP contribution < -0.4 is 14.8 Å². The molecule has 2 atom stereocenters. The van der Waals surface area contributed by atoms with Gasteiger partial charge in [-0.2, -0.15) is 0 Å². The van der Waals surface area contributed by atoms with E-state index in [2.05, 4.69) is 5.32 Å². The number of aliphatic hydroxyl groups is 2. The molecule has 0 aliphatic carbocycles. The summed E-state index contributed by atoms with van der Waals surface area (Å²) >= 11 is 0. The van der Waals surface area contributed by atoms with E-state index < -0.39 is 6.10 Å². The zero-order valence-electron chi connectivity index (χ0n) is 13.6. The van der Waals surface area contributed by atoms with Crippen molar-refractivity contribution in [2.24, 2.45) is 0 Å². The number of nitrogens with one attached hydrogen (secondary N) is 1. The highest BCUT2D eigenvalue weighted by Gasteiger charge is 2.11. The lowest BCUT2D eigenvalue weighted by Gasteiger charge is -2.18. The van der Waals surface area contributed by atoms with Crippen LogP contribution >= 0.6 is 0 Å². The summed E-state index contributed by atoms with van der Waals surface area (Å²) in [6, 6.07) is 5.65. The van der Waals surface area contributed by atoms with E-state index in [1.807, 2.05) is 44.2 Å². The maximum Gasteiger partial charge on any atom is 0.161 e. The van der Waals surface area contributed by atoms with Crippen LogP contribution in [0.3, 0.4) is 0 Å². The van der Waals surface area contributed by atoms with Crippen molar-refractivity contribution in [2.75, 3.05) is 26.9 Å². The number of hydrogen-bond acceptors (Lipinski definition) is 5. The topological polar surface area (TPSA) is 71.0 Å². The fourth-order valence-electron chi connectivity index (χ4n) is 1.99. The molecule has 0 saturated carbocycles. The SMILES string of the molecule is C/C=C/c1ccc(OC[C@@H](O)CN[C@@H](CC)CO)c(OC)c1. The van der Waals surface area contributed by atoms with Gasteiger partial charge in [-0.05, 0) is 31.0 Å². The minimum atomic E-state index is -0.652. The van der Waals surface area contributed by atoms with E-state index in [1.165, 1.54) is 0 Å². The Morgan fingerprint density at radius 1 is 1.32 bits per heavy atom. The van der Waals surface area contributed by atoms with Crippen LogP contribution in [0.1, 0.15) is 25.8 Å². The van der Waals surface area contributed by atoms with Gasteiger partial charge in [-0.3, -0.25) is 0 Å². The van der Waals surface area contributed by atoms with E-state index in [1.54, 1.807) is 7.11 Å². The van der Waals surface area contributed by atoms with Gasteiger partial charge in [-0.15, -0.1) is 0 Å². The minimum absolute atomic E-state index is 0.00398. The van der Waals surface area contributed by atoms with E-state index >= 15 is 0 Å². The van der Waals surface area contributed by atoms with Gasteiger partial charge in [0.25, 0.3) is 0 Å². The number of methoxy groups -OCH3 is 1. The van der Waals surface area contributed by atoms with E-state index in [4.69, 9.17) is 14.6 Å². The lowest BCUT2D eigenvalue weighted by molar-refractivity contribution is 0.0980. The van der Waals surface area contributed by atoms with Gasteiger partial charge in [-0.25, -0.2) is 0 Å². The number of hydrogen-bond donors (Lipinski definition) is 3. The van der Waals surface area contributed by atoms with Crippen molar-refractivity contribution in [3.8, 4) is 11.5 Å². The van der Waals surface area contributed by atoms with Crippen LogP contribution in [0.5, 0.6) is 11.5 Å². The third-order valence-corrected chi connectivity index (χ3v) is 3.33. The molecular formula is C17H27NO4. The highest BCUT2D eigenvalue weighted by molar-refractivity contribution is 5.55. The number of aliphatic hydroxyl groups excluding tert-OH is 2. The largest absolute Gasteiger partial charge is 0.493 e. The molecule has 1 aromatic carbocycles. The van der Waals surface area contributed by atoms with Crippen LogP contribution in [0.15, 0.2) is 24.3 Å². The van der Waals surface area contributed by atoms with Gasteiger partial charge in [0.05, 0.1) is 13.7 Å². The second-order valence-electron chi connectivity index (χ2n) is 5.07. The Balaban J connectivity index is 2.52. The van der Waals surface area contributed by atoms with Crippen molar-refractivity contribution in [1.29, 1.82) is 0 Å². The van der Waals surface area contributed by atoms with E-state index in [9.17, 15) is 5.11 Å².